The van der Waals surface area contributed by atoms with E-state index in [-0.39, 0.29) is 0 Å². The lowest BCUT2D eigenvalue weighted by atomic mass is 10.2. The molecular formula is C13H14BrClN2. The fraction of sp³-hybridized carbons (Fsp3) is 0.308. The third-order valence-electron chi connectivity index (χ3n) is 2.64. The van der Waals surface area contributed by atoms with Crippen LogP contribution in [0.3, 0.4) is 0 Å². The summed E-state index contributed by atoms with van der Waals surface area (Å²) in [5.41, 5.74) is 3.55. The first-order chi connectivity index (χ1) is 8.20. The van der Waals surface area contributed by atoms with E-state index in [0.717, 1.165) is 23.0 Å². The summed E-state index contributed by atoms with van der Waals surface area (Å²) in [5, 5.41) is 4.39. The zero-order valence-corrected chi connectivity index (χ0v) is 12.0. The van der Waals surface area contributed by atoms with E-state index in [0.29, 0.717) is 5.88 Å². The largest absolute Gasteiger partial charge is 0.240 e. The van der Waals surface area contributed by atoms with Gasteiger partial charge in [0.2, 0.25) is 0 Å². The molecule has 0 radical (unpaired) electrons. The fourth-order valence-electron chi connectivity index (χ4n) is 1.77. The Kier molecular flexibility index (Phi) is 4.24. The standard InChI is InChI=1S/C13H14BrClN2/c1-10-7-12(14)4-5-13(10)17-9-11(8-16-17)3-2-6-15/h4-5,7-9H,2-3,6H2,1H3. The maximum Gasteiger partial charge on any atom is 0.0675 e. The van der Waals surface area contributed by atoms with Crippen molar-refractivity contribution in [1.82, 2.24) is 9.78 Å². The summed E-state index contributed by atoms with van der Waals surface area (Å²) in [6, 6.07) is 6.19. The average Bonchev–Trinajstić information content (AvgIpc) is 2.75. The van der Waals surface area contributed by atoms with E-state index < -0.39 is 0 Å². The van der Waals surface area contributed by atoms with Crippen molar-refractivity contribution in [1.29, 1.82) is 0 Å². The summed E-state index contributed by atoms with van der Waals surface area (Å²) in [6.45, 7) is 2.08. The van der Waals surface area contributed by atoms with Crippen LogP contribution in [0.25, 0.3) is 5.69 Å². The van der Waals surface area contributed by atoms with Gasteiger partial charge in [-0.25, -0.2) is 4.68 Å². The first-order valence-corrected chi connectivity index (χ1v) is 6.89. The van der Waals surface area contributed by atoms with Gasteiger partial charge >= 0.3 is 0 Å². The summed E-state index contributed by atoms with van der Waals surface area (Å²) in [5.74, 6) is 0.697. The van der Waals surface area contributed by atoms with Gasteiger partial charge in [0, 0.05) is 16.5 Å². The van der Waals surface area contributed by atoms with Crippen LogP contribution in [-0.4, -0.2) is 15.7 Å². The maximum atomic E-state index is 5.69. The van der Waals surface area contributed by atoms with Gasteiger partial charge in [-0.3, -0.25) is 0 Å². The fourth-order valence-corrected chi connectivity index (χ4v) is 2.38. The summed E-state index contributed by atoms with van der Waals surface area (Å²) in [4.78, 5) is 0. The molecule has 2 aromatic rings. The van der Waals surface area contributed by atoms with Gasteiger partial charge in [-0.15, -0.1) is 11.6 Å². The molecule has 0 aliphatic rings. The molecule has 0 unspecified atom stereocenters. The molecule has 0 fully saturated rings. The smallest absolute Gasteiger partial charge is 0.0675 e. The molecule has 0 saturated heterocycles. The maximum absolute atomic E-state index is 5.69. The van der Waals surface area contributed by atoms with Gasteiger partial charge in [0.15, 0.2) is 0 Å². The lowest BCUT2D eigenvalue weighted by molar-refractivity contribution is 0.870. The van der Waals surface area contributed by atoms with Gasteiger partial charge in [0.25, 0.3) is 0 Å². The zero-order valence-electron chi connectivity index (χ0n) is 9.66. The van der Waals surface area contributed by atoms with E-state index in [2.05, 4.69) is 46.3 Å². The minimum absolute atomic E-state index is 0.697. The Balaban J connectivity index is 2.24. The van der Waals surface area contributed by atoms with Crippen LogP contribution in [0.4, 0.5) is 0 Å². The van der Waals surface area contributed by atoms with Gasteiger partial charge in [-0.2, -0.15) is 5.10 Å². The highest BCUT2D eigenvalue weighted by Gasteiger charge is 2.04. The molecule has 2 nitrogen and oxygen atoms in total. The van der Waals surface area contributed by atoms with Crippen LogP contribution in [-0.2, 0) is 6.42 Å². The molecule has 0 N–H and O–H groups in total. The van der Waals surface area contributed by atoms with Crippen LogP contribution in [0.5, 0.6) is 0 Å². The Bertz CT molecular complexity index is 508. The van der Waals surface area contributed by atoms with Crippen LogP contribution in [0, 0.1) is 6.92 Å². The van der Waals surface area contributed by atoms with Crippen molar-refractivity contribution in [3.63, 3.8) is 0 Å². The van der Waals surface area contributed by atoms with Crippen molar-refractivity contribution in [2.45, 2.75) is 19.8 Å². The number of benzene rings is 1. The SMILES string of the molecule is Cc1cc(Br)ccc1-n1cc(CCCCl)cn1. The van der Waals surface area contributed by atoms with Crippen molar-refractivity contribution in [2.24, 2.45) is 0 Å². The highest BCUT2D eigenvalue weighted by atomic mass is 79.9. The summed E-state index contributed by atoms with van der Waals surface area (Å²) in [6.07, 6.45) is 5.96. The van der Waals surface area contributed by atoms with Crippen molar-refractivity contribution in [3.8, 4) is 5.69 Å². The molecule has 2 rings (SSSR count). The Morgan fingerprint density at radius 1 is 1.41 bits per heavy atom. The molecular weight excluding hydrogens is 300 g/mol. The van der Waals surface area contributed by atoms with Crippen LogP contribution in [0.15, 0.2) is 35.1 Å². The second kappa shape index (κ2) is 5.69. The minimum Gasteiger partial charge on any atom is -0.240 e. The molecule has 0 spiro atoms. The summed E-state index contributed by atoms with van der Waals surface area (Å²) < 4.78 is 3.01. The van der Waals surface area contributed by atoms with Gasteiger partial charge in [-0.1, -0.05) is 15.9 Å². The quantitative estimate of drug-likeness (QED) is 0.777. The third-order valence-corrected chi connectivity index (χ3v) is 3.40. The molecule has 0 saturated carbocycles. The van der Waals surface area contributed by atoms with Crippen LogP contribution in [0.1, 0.15) is 17.5 Å². The highest BCUT2D eigenvalue weighted by Crippen LogP contribution is 2.19. The second-order valence-corrected chi connectivity index (χ2v) is 5.31. The normalized spacial score (nSPS) is 10.8. The first-order valence-electron chi connectivity index (χ1n) is 5.57. The molecule has 0 amide bonds. The highest BCUT2D eigenvalue weighted by molar-refractivity contribution is 9.10. The number of hydrogen-bond acceptors (Lipinski definition) is 1. The molecule has 0 aliphatic heterocycles. The lowest BCUT2D eigenvalue weighted by Gasteiger charge is -2.05. The van der Waals surface area contributed by atoms with E-state index >= 15 is 0 Å². The number of halogens is 2. The predicted molar refractivity (Wildman–Crippen MR) is 75.0 cm³/mol. The molecule has 90 valence electrons. The van der Waals surface area contributed by atoms with Crippen molar-refractivity contribution in [2.75, 3.05) is 5.88 Å². The zero-order chi connectivity index (χ0) is 12.3. The molecule has 1 heterocycles. The van der Waals surface area contributed by atoms with Gasteiger partial charge in [-0.05, 0) is 49.1 Å². The number of nitrogens with zero attached hydrogens (tertiary/aromatic N) is 2. The first kappa shape index (κ1) is 12.7. The van der Waals surface area contributed by atoms with Gasteiger partial charge < -0.3 is 0 Å². The van der Waals surface area contributed by atoms with Crippen molar-refractivity contribution >= 4 is 27.5 Å². The molecule has 4 heteroatoms. The van der Waals surface area contributed by atoms with Crippen LogP contribution in [0.2, 0.25) is 0 Å². The van der Waals surface area contributed by atoms with Gasteiger partial charge in [0.05, 0.1) is 11.9 Å². The number of aryl methyl sites for hydroxylation is 2. The number of rotatable bonds is 4. The van der Waals surface area contributed by atoms with E-state index in [4.69, 9.17) is 11.6 Å². The number of aromatic nitrogens is 2. The second-order valence-electron chi connectivity index (χ2n) is 4.02. The monoisotopic (exact) mass is 312 g/mol. The van der Waals surface area contributed by atoms with Crippen molar-refractivity contribution < 1.29 is 0 Å². The Hall–Kier alpha value is -0.800. The summed E-state index contributed by atoms with van der Waals surface area (Å²) in [7, 11) is 0. The van der Waals surface area contributed by atoms with Crippen molar-refractivity contribution in [3.05, 3.63) is 46.2 Å². The Morgan fingerprint density at radius 3 is 2.94 bits per heavy atom. The molecule has 0 atom stereocenters. The lowest BCUT2D eigenvalue weighted by Crippen LogP contribution is -1.97. The Morgan fingerprint density at radius 2 is 2.24 bits per heavy atom. The molecule has 1 aromatic carbocycles. The predicted octanol–water partition coefficient (Wildman–Crippen LogP) is 4.11. The average molecular weight is 314 g/mol. The topological polar surface area (TPSA) is 17.8 Å². The van der Waals surface area contributed by atoms with Crippen LogP contribution >= 0.6 is 27.5 Å². The van der Waals surface area contributed by atoms with E-state index in [1.807, 2.05) is 16.9 Å². The molecule has 17 heavy (non-hydrogen) atoms. The number of hydrogen-bond donors (Lipinski definition) is 0. The van der Waals surface area contributed by atoms with E-state index in [9.17, 15) is 0 Å². The Labute approximate surface area is 115 Å². The summed E-state index contributed by atoms with van der Waals surface area (Å²) >= 11 is 9.15. The minimum atomic E-state index is 0.697. The third kappa shape index (κ3) is 3.11. The molecule has 0 aliphatic carbocycles. The van der Waals surface area contributed by atoms with E-state index in [1.165, 1.54) is 11.1 Å². The van der Waals surface area contributed by atoms with Crippen LogP contribution < -0.4 is 0 Å². The number of alkyl halides is 1. The molecule has 1 aromatic heterocycles. The van der Waals surface area contributed by atoms with E-state index in [1.54, 1.807) is 0 Å². The van der Waals surface area contributed by atoms with Gasteiger partial charge in [0.1, 0.15) is 0 Å². The molecule has 0 bridgehead atoms.